The van der Waals surface area contributed by atoms with Crippen molar-refractivity contribution in [2.75, 3.05) is 5.73 Å². The molecule has 0 fully saturated rings. The fourth-order valence-electron chi connectivity index (χ4n) is 0.952. The van der Waals surface area contributed by atoms with E-state index in [1.165, 1.54) is 11.3 Å². The van der Waals surface area contributed by atoms with Crippen molar-refractivity contribution in [1.82, 2.24) is 15.0 Å². The summed E-state index contributed by atoms with van der Waals surface area (Å²) in [5.74, 6) is 0.302. The molecule has 0 atom stereocenters. The Balaban J connectivity index is 2.88. The lowest BCUT2D eigenvalue weighted by molar-refractivity contribution is 1.16. The van der Waals surface area contributed by atoms with Crippen molar-refractivity contribution in [3.8, 4) is 0 Å². The first-order valence-electron chi connectivity index (χ1n) is 3.23. The molecule has 0 aromatic carbocycles. The molecule has 2 aromatic heterocycles. The van der Waals surface area contributed by atoms with E-state index < -0.39 is 0 Å². The summed E-state index contributed by atoms with van der Waals surface area (Å²) in [6, 6.07) is 0. The van der Waals surface area contributed by atoms with Gasteiger partial charge >= 0.3 is 0 Å². The first kappa shape index (κ1) is 7.88. The molecular formula is C6H5BrN4S. The summed E-state index contributed by atoms with van der Waals surface area (Å²) in [5.41, 5.74) is 7.11. The number of thiazole rings is 1. The maximum Gasteiger partial charge on any atom is 0.221 e. The maximum absolute atomic E-state index is 5.48. The third-order valence-corrected chi connectivity index (χ3v) is 2.82. The number of rotatable bonds is 0. The predicted molar refractivity (Wildman–Crippen MR) is 52.1 cm³/mol. The molecule has 6 heteroatoms. The zero-order chi connectivity index (χ0) is 8.72. The van der Waals surface area contributed by atoms with Crippen molar-refractivity contribution in [1.29, 1.82) is 0 Å². The van der Waals surface area contributed by atoms with E-state index in [1.54, 1.807) is 0 Å². The topological polar surface area (TPSA) is 64.7 Å². The van der Waals surface area contributed by atoms with Crippen LogP contribution in [-0.4, -0.2) is 15.0 Å². The minimum Gasteiger partial charge on any atom is -0.368 e. The Kier molecular flexibility index (Phi) is 1.73. The van der Waals surface area contributed by atoms with Gasteiger partial charge in [-0.25, -0.2) is 15.0 Å². The number of hydrogen-bond acceptors (Lipinski definition) is 5. The summed E-state index contributed by atoms with van der Waals surface area (Å²) in [6.07, 6.45) is 0. The van der Waals surface area contributed by atoms with Gasteiger partial charge in [-0.05, 0) is 22.9 Å². The first-order valence-corrected chi connectivity index (χ1v) is 4.84. The number of nitrogens with zero attached hydrogens (tertiary/aromatic N) is 3. The van der Waals surface area contributed by atoms with E-state index in [2.05, 4.69) is 30.9 Å². The SMILES string of the molecule is Cc1nc(N)nc2sc(Br)nc12. The number of aromatic nitrogens is 3. The van der Waals surface area contributed by atoms with E-state index in [1.807, 2.05) is 6.92 Å². The molecule has 0 radical (unpaired) electrons. The average Bonchev–Trinajstić information content (AvgIpc) is 2.29. The lowest BCUT2D eigenvalue weighted by Crippen LogP contribution is -1.96. The molecule has 0 aliphatic carbocycles. The van der Waals surface area contributed by atoms with Crippen molar-refractivity contribution in [2.24, 2.45) is 0 Å². The third kappa shape index (κ3) is 1.16. The van der Waals surface area contributed by atoms with Crippen molar-refractivity contribution < 1.29 is 0 Å². The van der Waals surface area contributed by atoms with Crippen LogP contribution in [-0.2, 0) is 0 Å². The molecule has 2 heterocycles. The lowest BCUT2D eigenvalue weighted by atomic mass is 10.4. The molecule has 2 rings (SSSR count). The summed E-state index contributed by atoms with van der Waals surface area (Å²) < 4.78 is 0.806. The second-order valence-electron chi connectivity index (χ2n) is 2.29. The molecule has 0 saturated heterocycles. The fourth-order valence-corrected chi connectivity index (χ4v) is 2.31. The molecule has 0 aliphatic heterocycles. The Labute approximate surface area is 81.0 Å². The monoisotopic (exact) mass is 244 g/mol. The molecule has 0 unspecified atom stereocenters. The van der Waals surface area contributed by atoms with Gasteiger partial charge in [-0.15, -0.1) is 0 Å². The smallest absolute Gasteiger partial charge is 0.221 e. The molecule has 12 heavy (non-hydrogen) atoms. The van der Waals surface area contributed by atoms with E-state index in [4.69, 9.17) is 5.73 Å². The van der Waals surface area contributed by atoms with E-state index in [9.17, 15) is 0 Å². The summed E-state index contributed by atoms with van der Waals surface area (Å²) in [4.78, 5) is 13.1. The van der Waals surface area contributed by atoms with Crippen LogP contribution in [0.1, 0.15) is 5.69 Å². The number of aryl methyl sites for hydroxylation is 1. The summed E-state index contributed by atoms with van der Waals surface area (Å²) in [5, 5.41) is 0. The van der Waals surface area contributed by atoms with Crippen LogP contribution in [0.25, 0.3) is 10.3 Å². The van der Waals surface area contributed by atoms with Gasteiger partial charge < -0.3 is 5.73 Å². The molecule has 62 valence electrons. The Morgan fingerprint density at radius 2 is 2.08 bits per heavy atom. The normalized spacial score (nSPS) is 10.8. The lowest BCUT2D eigenvalue weighted by Gasteiger charge is -1.93. The van der Waals surface area contributed by atoms with Crippen molar-refractivity contribution >= 4 is 43.6 Å². The van der Waals surface area contributed by atoms with Crippen LogP contribution in [0.4, 0.5) is 5.95 Å². The minimum atomic E-state index is 0.302. The number of anilines is 1. The standard InChI is InChI=1S/C6H5BrN4S/c1-2-3-4(11-6(8)9-2)12-5(7)10-3/h1H3,(H2,8,9,11). The van der Waals surface area contributed by atoms with Crippen LogP contribution >= 0.6 is 27.3 Å². The van der Waals surface area contributed by atoms with Gasteiger partial charge in [0.2, 0.25) is 5.95 Å². The second-order valence-corrected chi connectivity index (χ2v) is 4.54. The van der Waals surface area contributed by atoms with Crippen LogP contribution < -0.4 is 5.73 Å². The Morgan fingerprint density at radius 3 is 2.83 bits per heavy atom. The van der Waals surface area contributed by atoms with Crippen LogP contribution in [0.15, 0.2) is 3.92 Å². The highest BCUT2D eigenvalue weighted by molar-refractivity contribution is 9.11. The highest BCUT2D eigenvalue weighted by Gasteiger charge is 2.07. The van der Waals surface area contributed by atoms with Gasteiger partial charge in [-0.1, -0.05) is 11.3 Å². The molecule has 0 aliphatic rings. The van der Waals surface area contributed by atoms with Gasteiger partial charge in [-0.2, -0.15) is 0 Å². The van der Waals surface area contributed by atoms with E-state index in [0.717, 1.165) is 20.0 Å². The fraction of sp³-hybridized carbons (Fsp3) is 0.167. The molecular weight excluding hydrogens is 240 g/mol. The van der Waals surface area contributed by atoms with Crippen LogP contribution in [0.3, 0.4) is 0 Å². The average molecular weight is 245 g/mol. The first-order chi connectivity index (χ1) is 5.66. The van der Waals surface area contributed by atoms with E-state index >= 15 is 0 Å². The molecule has 2 N–H and O–H groups in total. The number of halogens is 1. The summed E-state index contributed by atoms with van der Waals surface area (Å²) in [6.45, 7) is 1.87. The molecule has 0 bridgehead atoms. The zero-order valence-electron chi connectivity index (χ0n) is 6.21. The van der Waals surface area contributed by atoms with Crippen LogP contribution in [0, 0.1) is 6.92 Å². The van der Waals surface area contributed by atoms with Crippen molar-refractivity contribution in [3.63, 3.8) is 0 Å². The largest absolute Gasteiger partial charge is 0.368 e. The van der Waals surface area contributed by atoms with Gasteiger partial charge in [0.15, 0.2) is 3.92 Å². The number of fused-ring (bicyclic) bond motifs is 1. The second kappa shape index (κ2) is 2.63. The number of nitrogen functional groups attached to an aromatic ring is 1. The molecule has 2 aromatic rings. The highest BCUT2D eigenvalue weighted by Crippen LogP contribution is 2.25. The zero-order valence-corrected chi connectivity index (χ0v) is 8.61. The van der Waals surface area contributed by atoms with E-state index in [0.29, 0.717) is 5.95 Å². The maximum atomic E-state index is 5.48. The van der Waals surface area contributed by atoms with Crippen molar-refractivity contribution in [2.45, 2.75) is 6.92 Å². The van der Waals surface area contributed by atoms with Crippen LogP contribution in [0.2, 0.25) is 0 Å². The molecule has 0 spiro atoms. The molecule has 4 nitrogen and oxygen atoms in total. The quantitative estimate of drug-likeness (QED) is 0.767. The Morgan fingerprint density at radius 1 is 1.33 bits per heavy atom. The molecule has 0 amide bonds. The molecule has 0 saturated carbocycles. The Bertz CT molecular complexity index is 438. The Hall–Kier alpha value is -0.750. The third-order valence-electron chi connectivity index (χ3n) is 1.42. The van der Waals surface area contributed by atoms with Gasteiger partial charge in [0.05, 0.1) is 5.69 Å². The minimum absolute atomic E-state index is 0.302. The van der Waals surface area contributed by atoms with Gasteiger partial charge in [-0.3, -0.25) is 0 Å². The summed E-state index contributed by atoms with van der Waals surface area (Å²) in [7, 11) is 0. The predicted octanol–water partition coefficient (Wildman–Crippen LogP) is 1.74. The highest BCUT2D eigenvalue weighted by atomic mass is 79.9. The number of nitrogens with two attached hydrogens (primary N) is 1. The van der Waals surface area contributed by atoms with Crippen LogP contribution in [0.5, 0.6) is 0 Å². The van der Waals surface area contributed by atoms with Gasteiger partial charge in [0, 0.05) is 0 Å². The van der Waals surface area contributed by atoms with Crippen molar-refractivity contribution in [3.05, 3.63) is 9.61 Å². The van der Waals surface area contributed by atoms with Gasteiger partial charge in [0.1, 0.15) is 10.3 Å². The van der Waals surface area contributed by atoms with Gasteiger partial charge in [0.25, 0.3) is 0 Å². The van der Waals surface area contributed by atoms with E-state index in [-0.39, 0.29) is 0 Å². The number of hydrogen-bond donors (Lipinski definition) is 1. The summed E-state index contributed by atoms with van der Waals surface area (Å²) >= 11 is 4.74.